The van der Waals surface area contributed by atoms with Crippen molar-refractivity contribution in [1.29, 1.82) is 0 Å². The number of nitrogens with two attached hydrogens (primary N) is 1. The molecule has 2 rings (SSSR count). The Morgan fingerprint density at radius 1 is 1.06 bits per heavy atom. The fourth-order valence-electron chi connectivity index (χ4n) is 3.90. The van der Waals surface area contributed by atoms with Gasteiger partial charge in [0, 0.05) is 13.0 Å². The molecule has 10 heteroatoms. The number of aliphatic carboxylic acids is 1. The Morgan fingerprint density at radius 3 is 2.21 bits per heavy atom. The molecule has 0 bridgehead atoms. The van der Waals surface area contributed by atoms with Crippen LogP contribution in [0.2, 0.25) is 0 Å². The van der Waals surface area contributed by atoms with Gasteiger partial charge in [0.2, 0.25) is 17.7 Å². The van der Waals surface area contributed by atoms with Gasteiger partial charge in [-0.3, -0.25) is 14.4 Å². The highest BCUT2D eigenvalue weighted by Gasteiger charge is 2.39. The maximum atomic E-state index is 13.5. The zero-order valence-corrected chi connectivity index (χ0v) is 20.2. The lowest BCUT2D eigenvalue weighted by Crippen LogP contribution is -2.58. The maximum Gasteiger partial charge on any atom is 0.326 e. The zero-order valence-electron chi connectivity index (χ0n) is 20.2. The first kappa shape index (κ1) is 27.1. The van der Waals surface area contributed by atoms with Crippen molar-refractivity contribution < 1.29 is 29.4 Å². The van der Waals surface area contributed by atoms with Gasteiger partial charge in [-0.25, -0.2) is 4.79 Å². The average molecular weight is 477 g/mol. The highest BCUT2D eigenvalue weighted by Crippen LogP contribution is 2.21. The van der Waals surface area contributed by atoms with E-state index in [1.807, 2.05) is 0 Å². The molecule has 4 unspecified atom stereocenters. The summed E-state index contributed by atoms with van der Waals surface area (Å²) in [7, 11) is 0. The number of nitrogens with zero attached hydrogens (tertiary/aromatic N) is 1. The molecule has 0 saturated carbocycles. The molecule has 0 aliphatic carbocycles. The van der Waals surface area contributed by atoms with Gasteiger partial charge in [0.05, 0.1) is 6.04 Å². The summed E-state index contributed by atoms with van der Waals surface area (Å²) >= 11 is 0. The van der Waals surface area contributed by atoms with Crippen LogP contribution in [0, 0.1) is 11.8 Å². The second-order valence-electron chi connectivity index (χ2n) is 9.46. The summed E-state index contributed by atoms with van der Waals surface area (Å²) in [6, 6.07) is 2.60. The van der Waals surface area contributed by atoms with E-state index in [-0.39, 0.29) is 24.0 Å². The van der Waals surface area contributed by atoms with Crippen LogP contribution in [0.1, 0.15) is 46.1 Å². The van der Waals surface area contributed by atoms with Crippen molar-refractivity contribution in [3.05, 3.63) is 29.8 Å². The van der Waals surface area contributed by atoms with Crippen LogP contribution in [0.15, 0.2) is 24.3 Å². The summed E-state index contributed by atoms with van der Waals surface area (Å²) in [5.41, 5.74) is 6.68. The summed E-state index contributed by atoms with van der Waals surface area (Å²) in [6.45, 7) is 7.30. The first-order valence-electron chi connectivity index (χ1n) is 11.6. The van der Waals surface area contributed by atoms with E-state index in [2.05, 4.69) is 10.6 Å². The monoisotopic (exact) mass is 476 g/mol. The number of rotatable bonds is 10. The number of likely N-dealkylation sites (tertiary alicyclic amines) is 1. The molecule has 4 atom stereocenters. The second-order valence-corrected chi connectivity index (χ2v) is 9.46. The van der Waals surface area contributed by atoms with E-state index in [0.717, 1.165) is 0 Å². The summed E-state index contributed by atoms with van der Waals surface area (Å²) in [5.74, 6) is -2.97. The van der Waals surface area contributed by atoms with E-state index in [1.165, 1.54) is 17.0 Å². The van der Waals surface area contributed by atoms with Crippen LogP contribution in [0.3, 0.4) is 0 Å². The van der Waals surface area contributed by atoms with Crippen LogP contribution in [0.25, 0.3) is 0 Å². The van der Waals surface area contributed by atoms with Gasteiger partial charge >= 0.3 is 5.97 Å². The quantitative estimate of drug-likeness (QED) is 0.330. The third-order valence-corrected chi connectivity index (χ3v) is 6.08. The van der Waals surface area contributed by atoms with E-state index in [4.69, 9.17) is 5.73 Å². The number of carbonyl (C=O) groups is 4. The Morgan fingerprint density at radius 2 is 1.68 bits per heavy atom. The lowest BCUT2D eigenvalue weighted by molar-refractivity contribution is -0.145. The van der Waals surface area contributed by atoms with Crippen LogP contribution in [-0.2, 0) is 25.6 Å². The van der Waals surface area contributed by atoms with Gasteiger partial charge in [0.15, 0.2) is 0 Å². The number of aromatic hydroxyl groups is 1. The SMILES string of the molecule is CC(C)C(N)C(=O)NC(Cc1ccc(O)cc1)C(=O)N1CCCC1C(=O)NC(C(=O)O)C(C)C. The first-order valence-corrected chi connectivity index (χ1v) is 11.6. The highest BCUT2D eigenvalue weighted by molar-refractivity contribution is 5.94. The number of carboxylic acid groups (broad SMARTS) is 1. The van der Waals surface area contributed by atoms with E-state index in [0.29, 0.717) is 24.9 Å². The van der Waals surface area contributed by atoms with Crippen molar-refractivity contribution >= 4 is 23.7 Å². The van der Waals surface area contributed by atoms with Gasteiger partial charge in [0.1, 0.15) is 23.9 Å². The van der Waals surface area contributed by atoms with Crippen molar-refractivity contribution in [1.82, 2.24) is 15.5 Å². The fourth-order valence-corrected chi connectivity index (χ4v) is 3.90. The molecule has 1 aromatic rings. The predicted octanol–water partition coefficient (Wildman–Crippen LogP) is 0.619. The molecule has 34 heavy (non-hydrogen) atoms. The third kappa shape index (κ3) is 6.93. The van der Waals surface area contributed by atoms with Crippen molar-refractivity contribution in [3.63, 3.8) is 0 Å². The molecule has 1 saturated heterocycles. The number of benzene rings is 1. The minimum Gasteiger partial charge on any atom is -0.508 e. The Balaban J connectivity index is 2.25. The number of carbonyl (C=O) groups excluding carboxylic acids is 3. The number of phenolic OH excluding ortho intramolecular Hbond substituents is 1. The van der Waals surface area contributed by atoms with Gasteiger partial charge in [-0.05, 0) is 42.4 Å². The van der Waals surface area contributed by atoms with Crippen molar-refractivity contribution in [2.75, 3.05) is 6.54 Å². The van der Waals surface area contributed by atoms with E-state index in [1.54, 1.807) is 39.8 Å². The minimum absolute atomic E-state index is 0.0758. The molecule has 1 fully saturated rings. The molecule has 1 aliphatic rings. The van der Waals surface area contributed by atoms with Gasteiger partial charge < -0.3 is 31.5 Å². The van der Waals surface area contributed by atoms with E-state index >= 15 is 0 Å². The van der Waals surface area contributed by atoms with Crippen molar-refractivity contribution in [3.8, 4) is 5.75 Å². The van der Waals surface area contributed by atoms with Crippen molar-refractivity contribution in [2.24, 2.45) is 17.6 Å². The van der Waals surface area contributed by atoms with E-state index in [9.17, 15) is 29.4 Å². The Hall–Kier alpha value is -3.14. The van der Waals surface area contributed by atoms with E-state index < -0.39 is 47.9 Å². The molecule has 188 valence electrons. The van der Waals surface area contributed by atoms with Gasteiger partial charge in [-0.1, -0.05) is 39.8 Å². The van der Waals surface area contributed by atoms with Crippen LogP contribution < -0.4 is 16.4 Å². The lowest BCUT2D eigenvalue weighted by Gasteiger charge is -2.30. The van der Waals surface area contributed by atoms with Crippen LogP contribution in [-0.4, -0.2) is 69.5 Å². The summed E-state index contributed by atoms with van der Waals surface area (Å²) < 4.78 is 0. The second kappa shape index (κ2) is 11.8. The van der Waals surface area contributed by atoms with Crippen molar-refractivity contribution in [2.45, 2.75) is 71.1 Å². The highest BCUT2D eigenvalue weighted by atomic mass is 16.4. The minimum atomic E-state index is -1.14. The Kier molecular flexibility index (Phi) is 9.43. The average Bonchev–Trinajstić information content (AvgIpc) is 3.26. The smallest absolute Gasteiger partial charge is 0.326 e. The van der Waals surface area contributed by atoms with Crippen LogP contribution in [0.4, 0.5) is 0 Å². The van der Waals surface area contributed by atoms with Gasteiger partial charge in [-0.2, -0.15) is 0 Å². The first-order chi connectivity index (χ1) is 15.9. The molecular formula is C24H36N4O6. The number of hydrogen-bond donors (Lipinski definition) is 5. The lowest BCUT2D eigenvalue weighted by atomic mass is 10.0. The molecule has 0 aromatic heterocycles. The molecule has 1 aliphatic heterocycles. The Bertz CT molecular complexity index is 886. The molecule has 0 radical (unpaired) electrons. The molecule has 0 spiro atoms. The Labute approximate surface area is 199 Å². The predicted molar refractivity (Wildman–Crippen MR) is 126 cm³/mol. The normalized spacial score (nSPS) is 18.4. The van der Waals surface area contributed by atoms with Crippen LogP contribution in [0.5, 0.6) is 5.75 Å². The molecule has 1 heterocycles. The molecule has 10 nitrogen and oxygen atoms in total. The summed E-state index contributed by atoms with van der Waals surface area (Å²) in [4.78, 5) is 52.0. The topological polar surface area (TPSA) is 162 Å². The number of nitrogens with one attached hydrogen (secondary N) is 2. The number of phenols is 1. The fraction of sp³-hybridized carbons (Fsp3) is 0.583. The van der Waals surface area contributed by atoms with Gasteiger partial charge in [0.25, 0.3) is 0 Å². The number of hydrogen-bond acceptors (Lipinski definition) is 6. The molecular weight excluding hydrogens is 440 g/mol. The summed E-state index contributed by atoms with van der Waals surface area (Å²) in [5, 5.41) is 24.2. The standard InChI is InChI=1S/C24H36N4O6/c1-13(2)19(25)22(31)26-17(12-15-7-9-16(29)10-8-15)23(32)28-11-5-6-18(28)21(30)27-20(14(3)4)24(33)34/h7-10,13-14,17-20,29H,5-6,11-12,25H2,1-4H3,(H,26,31)(H,27,30)(H,33,34). The largest absolute Gasteiger partial charge is 0.508 e. The third-order valence-electron chi connectivity index (χ3n) is 6.08. The van der Waals surface area contributed by atoms with Crippen LogP contribution >= 0.6 is 0 Å². The maximum absolute atomic E-state index is 13.5. The zero-order chi connectivity index (χ0) is 25.6. The molecule has 6 N–H and O–H groups in total. The molecule has 1 aromatic carbocycles. The van der Waals surface area contributed by atoms with Gasteiger partial charge in [-0.15, -0.1) is 0 Å². The number of carboxylic acids is 1. The number of amides is 3. The summed E-state index contributed by atoms with van der Waals surface area (Å²) in [6.07, 6.45) is 1.12. The molecule has 3 amide bonds.